The summed E-state index contributed by atoms with van der Waals surface area (Å²) in [5.74, 6) is -1.37. The second-order valence-corrected chi connectivity index (χ2v) is 6.10. The Labute approximate surface area is 152 Å². The van der Waals surface area contributed by atoms with E-state index in [-0.39, 0.29) is 23.8 Å². The number of amides is 2. The van der Waals surface area contributed by atoms with Crippen molar-refractivity contribution in [1.29, 1.82) is 0 Å². The minimum Gasteiger partial charge on any atom is -0.324 e. The largest absolute Gasteiger partial charge is 0.324 e. The van der Waals surface area contributed by atoms with Crippen LogP contribution in [0.2, 0.25) is 0 Å². The van der Waals surface area contributed by atoms with E-state index in [1.807, 2.05) is 0 Å². The van der Waals surface area contributed by atoms with Gasteiger partial charge in [-0.1, -0.05) is 24.3 Å². The number of hydrogen-bond acceptors (Lipinski definition) is 3. The van der Waals surface area contributed by atoms with Crippen LogP contribution in [0.4, 0.5) is 20.3 Å². The number of halogens is 2. The number of anilines is 2. The minimum absolute atomic E-state index is 0.0496. The molecular weight excluding hydrogens is 354 g/mol. The Kier molecular flexibility index (Phi) is 4.15. The minimum atomic E-state index is -0.846. The first kappa shape index (κ1) is 16.9. The molecule has 4 rings (SSSR count). The Morgan fingerprint density at radius 2 is 1.89 bits per heavy atom. The number of carbonyl (C=O) groups is 2. The first-order valence-electron chi connectivity index (χ1n) is 8.21. The Hall–Kier alpha value is -3.55. The number of fused-ring (bicyclic) bond motifs is 1. The molecule has 136 valence electrons. The highest BCUT2D eigenvalue weighted by Gasteiger charge is 2.35. The normalized spacial score (nSPS) is 15.3. The maximum absolute atomic E-state index is 13.7. The van der Waals surface area contributed by atoms with Crippen molar-refractivity contribution in [3.63, 3.8) is 0 Å². The summed E-state index contributed by atoms with van der Waals surface area (Å²) in [5.41, 5.74) is 1.36. The van der Waals surface area contributed by atoms with Crippen molar-refractivity contribution in [1.82, 2.24) is 9.78 Å². The summed E-state index contributed by atoms with van der Waals surface area (Å²) in [6, 6.07) is 10.7. The molecule has 1 aromatic heterocycles. The van der Waals surface area contributed by atoms with Gasteiger partial charge in [0.15, 0.2) is 0 Å². The molecule has 0 saturated heterocycles. The van der Waals surface area contributed by atoms with E-state index in [2.05, 4.69) is 15.7 Å². The van der Waals surface area contributed by atoms with Crippen LogP contribution in [0.5, 0.6) is 0 Å². The van der Waals surface area contributed by atoms with Gasteiger partial charge in [-0.15, -0.1) is 0 Å². The summed E-state index contributed by atoms with van der Waals surface area (Å²) in [6.45, 7) is 0. The number of nitrogens with one attached hydrogen (secondary N) is 2. The van der Waals surface area contributed by atoms with E-state index in [4.69, 9.17) is 0 Å². The van der Waals surface area contributed by atoms with E-state index in [9.17, 15) is 18.4 Å². The molecular formula is C19H14F2N4O2. The van der Waals surface area contributed by atoms with E-state index in [0.717, 1.165) is 0 Å². The Bertz CT molecular complexity index is 1030. The maximum atomic E-state index is 13.7. The average Bonchev–Trinajstić information content (AvgIpc) is 3.18. The number of rotatable bonds is 4. The van der Waals surface area contributed by atoms with Crippen molar-refractivity contribution < 1.29 is 18.4 Å². The molecule has 1 atom stereocenters. The van der Waals surface area contributed by atoms with Gasteiger partial charge in [-0.3, -0.25) is 9.59 Å². The molecule has 0 bridgehead atoms. The van der Waals surface area contributed by atoms with E-state index in [1.54, 1.807) is 24.4 Å². The highest BCUT2D eigenvalue weighted by atomic mass is 19.1. The van der Waals surface area contributed by atoms with Crippen molar-refractivity contribution >= 4 is 23.3 Å². The summed E-state index contributed by atoms with van der Waals surface area (Å²) < 4.78 is 28.2. The van der Waals surface area contributed by atoms with E-state index in [1.165, 1.54) is 35.0 Å². The molecule has 2 amide bonds. The number of aromatic nitrogens is 2. The maximum Gasteiger partial charge on any atom is 0.251 e. The monoisotopic (exact) mass is 368 g/mol. The molecule has 0 fully saturated rings. The van der Waals surface area contributed by atoms with Crippen LogP contribution in [0.25, 0.3) is 11.1 Å². The molecule has 27 heavy (non-hydrogen) atoms. The molecule has 1 aliphatic rings. The van der Waals surface area contributed by atoms with Crippen molar-refractivity contribution in [3.05, 3.63) is 66.4 Å². The second kappa shape index (κ2) is 6.64. The van der Waals surface area contributed by atoms with Crippen molar-refractivity contribution in [2.45, 2.75) is 12.5 Å². The van der Waals surface area contributed by atoms with Crippen LogP contribution in [0, 0.1) is 11.6 Å². The zero-order valence-electron chi connectivity index (χ0n) is 13.9. The lowest BCUT2D eigenvalue weighted by Crippen LogP contribution is -2.23. The molecule has 2 N–H and O–H groups in total. The summed E-state index contributed by atoms with van der Waals surface area (Å²) >= 11 is 0. The molecule has 2 heterocycles. The Morgan fingerprint density at radius 3 is 2.63 bits per heavy atom. The van der Waals surface area contributed by atoms with Gasteiger partial charge in [0.2, 0.25) is 5.91 Å². The highest BCUT2D eigenvalue weighted by Crippen LogP contribution is 2.35. The first-order valence-corrected chi connectivity index (χ1v) is 8.21. The summed E-state index contributed by atoms with van der Waals surface area (Å²) in [7, 11) is 0. The van der Waals surface area contributed by atoms with Gasteiger partial charge in [0.25, 0.3) is 5.91 Å². The molecule has 1 aliphatic heterocycles. The van der Waals surface area contributed by atoms with Gasteiger partial charge < -0.3 is 10.6 Å². The molecule has 0 spiro atoms. The van der Waals surface area contributed by atoms with Crippen molar-refractivity contribution in [2.24, 2.45) is 0 Å². The fourth-order valence-electron chi connectivity index (χ4n) is 2.99. The smallest absolute Gasteiger partial charge is 0.251 e. The molecule has 3 aromatic rings. The van der Waals surface area contributed by atoms with Crippen LogP contribution < -0.4 is 10.6 Å². The standard InChI is InChI=1S/C19H14F2N4O2/c20-12-7-5-11(6-8-12)13-10-22-25-16(19(27)24-18(13)25)9-17(26)23-15-4-2-1-3-14(15)21/h1-8,10,16H,9H2,(H,23,26)(H,24,27)/t16-/m1/s1. The number of benzene rings is 2. The summed E-state index contributed by atoms with van der Waals surface area (Å²) in [5, 5.41) is 9.35. The van der Waals surface area contributed by atoms with Gasteiger partial charge in [-0.2, -0.15) is 5.10 Å². The van der Waals surface area contributed by atoms with Gasteiger partial charge >= 0.3 is 0 Å². The number of nitrogens with zero attached hydrogens (tertiary/aromatic N) is 2. The molecule has 2 aromatic carbocycles. The molecule has 0 saturated carbocycles. The fraction of sp³-hybridized carbons (Fsp3) is 0.105. The lowest BCUT2D eigenvalue weighted by molar-refractivity contribution is -0.123. The SMILES string of the molecule is O=C(C[C@@H]1C(=O)Nc2c(-c3ccc(F)cc3)cnn21)Nc1ccccc1F. The van der Waals surface area contributed by atoms with Crippen LogP contribution in [-0.2, 0) is 9.59 Å². The molecule has 6 nitrogen and oxygen atoms in total. The number of para-hydroxylation sites is 1. The fourth-order valence-corrected chi connectivity index (χ4v) is 2.99. The van der Waals surface area contributed by atoms with E-state index >= 15 is 0 Å². The molecule has 0 unspecified atom stereocenters. The third-order valence-electron chi connectivity index (χ3n) is 4.32. The topological polar surface area (TPSA) is 76.0 Å². The zero-order chi connectivity index (χ0) is 19.0. The number of hydrogen-bond donors (Lipinski definition) is 2. The van der Waals surface area contributed by atoms with Gasteiger partial charge in [0.05, 0.1) is 18.3 Å². The highest BCUT2D eigenvalue weighted by molar-refractivity contribution is 6.04. The second-order valence-electron chi connectivity index (χ2n) is 6.10. The average molecular weight is 368 g/mol. The van der Waals surface area contributed by atoms with Crippen molar-refractivity contribution in [3.8, 4) is 11.1 Å². The van der Waals surface area contributed by atoms with Gasteiger partial charge in [-0.25, -0.2) is 13.5 Å². The van der Waals surface area contributed by atoms with E-state index < -0.39 is 17.8 Å². The van der Waals surface area contributed by atoms with Gasteiger partial charge in [0, 0.05) is 5.56 Å². The predicted octanol–water partition coefficient (Wildman–Crippen LogP) is 3.35. The van der Waals surface area contributed by atoms with Gasteiger partial charge in [-0.05, 0) is 29.8 Å². The van der Waals surface area contributed by atoms with Gasteiger partial charge in [0.1, 0.15) is 23.5 Å². The van der Waals surface area contributed by atoms with Crippen molar-refractivity contribution in [2.75, 3.05) is 10.6 Å². The van der Waals surface area contributed by atoms with Crippen LogP contribution in [-0.4, -0.2) is 21.6 Å². The van der Waals surface area contributed by atoms with Crippen LogP contribution in [0.15, 0.2) is 54.7 Å². The lowest BCUT2D eigenvalue weighted by Gasteiger charge is -2.10. The third-order valence-corrected chi connectivity index (χ3v) is 4.32. The molecule has 0 aliphatic carbocycles. The van der Waals surface area contributed by atoms with Crippen LogP contribution in [0.3, 0.4) is 0 Å². The molecule has 8 heteroatoms. The summed E-state index contributed by atoms with van der Waals surface area (Å²) in [6.07, 6.45) is 1.35. The third kappa shape index (κ3) is 3.17. The quantitative estimate of drug-likeness (QED) is 0.742. The van der Waals surface area contributed by atoms with Crippen LogP contribution >= 0.6 is 0 Å². The van der Waals surface area contributed by atoms with Crippen LogP contribution in [0.1, 0.15) is 12.5 Å². The zero-order valence-corrected chi connectivity index (χ0v) is 13.9. The Balaban J connectivity index is 1.55. The lowest BCUT2D eigenvalue weighted by atomic mass is 10.1. The summed E-state index contributed by atoms with van der Waals surface area (Å²) in [4.78, 5) is 24.5. The Morgan fingerprint density at radius 1 is 1.15 bits per heavy atom. The predicted molar refractivity (Wildman–Crippen MR) is 94.9 cm³/mol. The first-order chi connectivity index (χ1) is 13.0. The molecule has 0 radical (unpaired) electrons. The number of carbonyl (C=O) groups excluding carboxylic acids is 2. The van der Waals surface area contributed by atoms with E-state index in [0.29, 0.717) is 16.9 Å².